The van der Waals surface area contributed by atoms with Crippen LogP contribution in [-0.4, -0.2) is 35.2 Å². The van der Waals surface area contributed by atoms with Gasteiger partial charge in [-0.1, -0.05) is 6.92 Å². The molecule has 0 aromatic heterocycles. The van der Waals surface area contributed by atoms with E-state index in [-0.39, 0.29) is 6.10 Å². The number of nitrogens with zero attached hydrogens (tertiary/aromatic N) is 2. The van der Waals surface area contributed by atoms with Gasteiger partial charge in [-0.3, -0.25) is 4.90 Å². The van der Waals surface area contributed by atoms with Gasteiger partial charge in [0.1, 0.15) is 0 Å². The summed E-state index contributed by atoms with van der Waals surface area (Å²) >= 11 is 0. The zero-order chi connectivity index (χ0) is 9.68. The van der Waals surface area contributed by atoms with E-state index in [1.807, 2.05) is 0 Å². The van der Waals surface area contributed by atoms with Crippen LogP contribution in [0, 0.1) is 11.3 Å². The molecule has 1 fully saturated rings. The molecule has 0 aromatic rings. The second kappa shape index (κ2) is 5.21. The Balaban J connectivity index is 2.41. The molecule has 0 radical (unpaired) electrons. The molecule has 13 heavy (non-hydrogen) atoms. The lowest BCUT2D eigenvalue weighted by atomic mass is 10.1. The van der Waals surface area contributed by atoms with Gasteiger partial charge >= 0.3 is 0 Å². The van der Waals surface area contributed by atoms with Crippen molar-refractivity contribution in [1.29, 1.82) is 5.26 Å². The predicted octanol–water partition coefficient (Wildman–Crippen LogP) is 1.14. The number of likely N-dealkylation sites (N-methyl/N-ethyl adjacent to an activating group) is 1. The van der Waals surface area contributed by atoms with E-state index >= 15 is 0 Å². The number of rotatable bonds is 4. The van der Waals surface area contributed by atoms with Crippen molar-refractivity contribution in [3.05, 3.63) is 0 Å². The molecular weight excluding hydrogens is 164 g/mol. The van der Waals surface area contributed by atoms with E-state index in [4.69, 9.17) is 5.26 Å². The summed E-state index contributed by atoms with van der Waals surface area (Å²) in [6.07, 6.45) is 3.53. The maximum atomic E-state index is 9.67. The number of hydrogen-bond donors (Lipinski definition) is 1. The maximum Gasteiger partial charge on any atom is 0.0695 e. The van der Waals surface area contributed by atoms with Gasteiger partial charge in [0.15, 0.2) is 0 Å². The highest BCUT2D eigenvalue weighted by Gasteiger charge is 2.29. The molecule has 2 unspecified atom stereocenters. The summed E-state index contributed by atoms with van der Waals surface area (Å²) in [6, 6.07) is 2.45. The third-order valence-corrected chi connectivity index (χ3v) is 2.83. The van der Waals surface area contributed by atoms with Crippen molar-refractivity contribution in [3.63, 3.8) is 0 Å². The molecule has 3 heteroatoms. The predicted molar refractivity (Wildman–Crippen MR) is 51.1 cm³/mol. The fourth-order valence-corrected chi connectivity index (χ4v) is 2.10. The maximum absolute atomic E-state index is 9.67. The van der Waals surface area contributed by atoms with E-state index in [9.17, 15) is 5.11 Å². The summed E-state index contributed by atoms with van der Waals surface area (Å²) in [6.45, 7) is 3.82. The van der Waals surface area contributed by atoms with Crippen molar-refractivity contribution >= 4 is 0 Å². The minimum Gasteiger partial charge on any atom is -0.391 e. The fourth-order valence-electron chi connectivity index (χ4n) is 2.10. The lowest BCUT2D eigenvalue weighted by molar-refractivity contribution is 0.0751. The van der Waals surface area contributed by atoms with Crippen LogP contribution in [0.15, 0.2) is 0 Å². The molecule has 1 rings (SSSR count). The van der Waals surface area contributed by atoms with Gasteiger partial charge in [-0.05, 0) is 25.8 Å². The van der Waals surface area contributed by atoms with Crippen LogP contribution in [0.4, 0.5) is 0 Å². The molecule has 0 amide bonds. The molecular formula is C10H18N2O. The minimum atomic E-state index is -0.168. The van der Waals surface area contributed by atoms with Crippen LogP contribution in [-0.2, 0) is 0 Å². The average molecular weight is 182 g/mol. The monoisotopic (exact) mass is 182 g/mol. The van der Waals surface area contributed by atoms with Gasteiger partial charge in [0.05, 0.1) is 12.2 Å². The Morgan fingerprint density at radius 3 is 2.77 bits per heavy atom. The van der Waals surface area contributed by atoms with Crippen molar-refractivity contribution in [1.82, 2.24) is 4.90 Å². The Morgan fingerprint density at radius 2 is 2.31 bits per heavy atom. The van der Waals surface area contributed by atoms with E-state index in [0.29, 0.717) is 12.5 Å². The molecule has 0 saturated heterocycles. The Morgan fingerprint density at radius 1 is 1.54 bits per heavy atom. The smallest absolute Gasteiger partial charge is 0.0695 e. The Bertz CT molecular complexity index is 188. The van der Waals surface area contributed by atoms with Crippen molar-refractivity contribution in [2.24, 2.45) is 0 Å². The van der Waals surface area contributed by atoms with E-state index < -0.39 is 0 Å². The molecule has 0 aromatic carbocycles. The first-order chi connectivity index (χ1) is 6.29. The summed E-state index contributed by atoms with van der Waals surface area (Å²) in [5.74, 6) is 0. The normalized spacial score (nSPS) is 27.8. The fraction of sp³-hybridized carbons (Fsp3) is 0.900. The Hall–Kier alpha value is -0.590. The second-order valence-corrected chi connectivity index (χ2v) is 3.60. The quantitative estimate of drug-likeness (QED) is 0.709. The van der Waals surface area contributed by atoms with Crippen LogP contribution in [0.5, 0.6) is 0 Å². The van der Waals surface area contributed by atoms with Gasteiger partial charge in [0.25, 0.3) is 0 Å². The van der Waals surface area contributed by atoms with Crippen LogP contribution in [0.1, 0.15) is 32.6 Å². The van der Waals surface area contributed by atoms with Gasteiger partial charge in [-0.25, -0.2) is 0 Å². The summed E-state index contributed by atoms with van der Waals surface area (Å²) < 4.78 is 0. The third kappa shape index (κ3) is 2.68. The SMILES string of the molecule is CCN(CCC#N)C1CCCC1O. The Labute approximate surface area is 80.0 Å². The molecule has 1 saturated carbocycles. The van der Waals surface area contributed by atoms with Crippen LogP contribution < -0.4 is 0 Å². The molecule has 3 nitrogen and oxygen atoms in total. The van der Waals surface area contributed by atoms with Gasteiger partial charge in [0.2, 0.25) is 0 Å². The summed E-state index contributed by atoms with van der Waals surface area (Å²) in [7, 11) is 0. The highest BCUT2D eigenvalue weighted by atomic mass is 16.3. The lowest BCUT2D eigenvalue weighted by Crippen LogP contribution is -2.40. The summed E-state index contributed by atoms with van der Waals surface area (Å²) in [5, 5.41) is 18.1. The molecule has 0 heterocycles. The minimum absolute atomic E-state index is 0.168. The molecule has 74 valence electrons. The first kappa shape index (κ1) is 10.5. The van der Waals surface area contributed by atoms with Gasteiger partial charge in [0, 0.05) is 19.0 Å². The number of aliphatic hydroxyl groups excluding tert-OH is 1. The zero-order valence-electron chi connectivity index (χ0n) is 8.24. The van der Waals surface area contributed by atoms with Crippen molar-refractivity contribution in [2.45, 2.75) is 44.8 Å². The molecule has 0 aliphatic heterocycles. The topological polar surface area (TPSA) is 47.3 Å². The molecule has 0 bridgehead atoms. The molecule has 1 aliphatic carbocycles. The van der Waals surface area contributed by atoms with E-state index in [0.717, 1.165) is 32.4 Å². The van der Waals surface area contributed by atoms with Gasteiger partial charge in [-0.2, -0.15) is 5.26 Å². The molecule has 1 N–H and O–H groups in total. The van der Waals surface area contributed by atoms with Crippen LogP contribution >= 0.6 is 0 Å². The number of nitriles is 1. The molecule has 2 atom stereocenters. The number of hydrogen-bond acceptors (Lipinski definition) is 3. The van der Waals surface area contributed by atoms with E-state index in [2.05, 4.69) is 17.9 Å². The number of aliphatic hydroxyl groups is 1. The highest BCUT2D eigenvalue weighted by Crippen LogP contribution is 2.23. The lowest BCUT2D eigenvalue weighted by Gasteiger charge is -2.28. The summed E-state index contributed by atoms with van der Waals surface area (Å²) in [5.41, 5.74) is 0. The summed E-state index contributed by atoms with van der Waals surface area (Å²) in [4.78, 5) is 2.22. The van der Waals surface area contributed by atoms with Crippen molar-refractivity contribution < 1.29 is 5.11 Å². The third-order valence-electron chi connectivity index (χ3n) is 2.83. The van der Waals surface area contributed by atoms with Crippen LogP contribution in [0.2, 0.25) is 0 Å². The first-order valence-corrected chi connectivity index (χ1v) is 5.08. The first-order valence-electron chi connectivity index (χ1n) is 5.08. The highest BCUT2D eigenvalue weighted by molar-refractivity contribution is 4.86. The van der Waals surface area contributed by atoms with Gasteiger partial charge in [-0.15, -0.1) is 0 Å². The van der Waals surface area contributed by atoms with Crippen LogP contribution in [0.25, 0.3) is 0 Å². The second-order valence-electron chi connectivity index (χ2n) is 3.60. The van der Waals surface area contributed by atoms with Crippen molar-refractivity contribution in [2.75, 3.05) is 13.1 Å². The Kier molecular flexibility index (Phi) is 4.20. The molecule has 1 aliphatic rings. The van der Waals surface area contributed by atoms with Crippen LogP contribution in [0.3, 0.4) is 0 Å². The largest absolute Gasteiger partial charge is 0.391 e. The standard InChI is InChI=1S/C10H18N2O/c1-2-12(8-4-7-11)9-5-3-6-10(9)13/h9-10,13H,2-6,8H2,1H3. The van der Waals surface area contributed by atoms with E-state index in [1.54, 1.807) is 0 Å². The van der Waals surface area contributed by atoms with Gasteiger partial charge < -0.3 is 5.11 Å². The average Bonchev–Trinajstić information content (AvgIpc) is 2.54. The van der Waals surface area contributed by atoms with E-state index in [1.165, 1.54) is 0 Å². The zero-order valence-corrected chi connectivity index (χ0v) is 8.24. The molecule has 0 spiro atoms. The van der Waals surface area contributed by atoms with Crippen molar-refractivity contribution in [3.8, 4) is 6.07 Å².